The van der Waals surface area contributed by atoms with Crippen molar-refractivity contribution >= 4 is 58.2 Å². The molecule has 4 aromatic rings. The molecule has 5 rings (SSSR count). The number of allylic oxidation sites excluding steroid dienone is 1. The van der Waals surface area contributed by atoms with Gasteiger partial charge in [-0.3, -0.25) is 9.36 Å². The Morgan fingerprint density at radius 1 is 1.02 bits per heavy atom. The van der Waals surface area contributed by atoms with E-state index in [1.165, 1.54) is 15.9 Å². The van der Waals surface area contributed by atoms with Crippen molar-refractivity contribution in [3.8, 4) is 11.5 Å². The largest absolute Gasteiger partial charge is 0.493 e. The monoisotopic (exact) mass is 656 g/mol. The fourth-order valence-corrected chi connectivity index (χ4v) is 6.15. The summed E-state index contributed by atoms with van der Waals surface area (Å²) >= 11 is 19.5. The van der Waals surface area contributed by atoms with Gasteiger partial charge in [0.2, 0.25) is 0 Å². The van der Waals surface area contributed by atoms with E-state index < -0.39 is 12.0 Å². The number of rotatable bonds is 8. The van der Waals surface area contributed by atoms with E-state index in [2.05, 4.69) is 4.99 Å². The van der Waals surface area contributed by atoms with Crippen LogP contribution in [0.3, 0.4) is 0 Å². The maximum atomic E-state index is 13.9. The molecule has 0 radical (unpaired) electrons. The van der Waals surface area contributed by atoms with Gasteiger partial charge in [-0.25, -0.2) is 9.79 Å². The van der Waals surface area contributed by atoms with Gasteiger partial charge in [0.05, 0.1) is 45.1 Å². The number of thiazole rings is 1. The van der Waals surface area contributed by atoms with Gasteiger partial charge in [0, 0.05) is 5.02 Å². The molecule has 1 aliphatic heterocycles. The molecule has 0 saturated heterocycles. The SMILES string of the molecule is COc1cc(/C=c2\sc3n(c2=O)[C@H](c2ccc(Cl)cc2)C(C(=O)OC(C)C)=C(C)N=3)ccc1OCc1ccc(Cl)c(Cl)c1. The third kappa shape index (κ3) is 6.68. The molecule has 0 amide bonds. The van der Waals surface area contributed by atoms with Crippen LogP contribution in [0.25, 0.3) is 6.08 Å². The molecular weight excluding hydrogens is 631 g/mol. The molecular formula is C32H27Cl3N2O5S. The lowest BCUT2D eigenvalue weighted by atomic mass is 9.96. The molecule has 1 atom stereocenters. The average molecular weight is 658 g/mol. The first-order valence-corrected chi connectivity index (χ1v) is 15.2. The van der Waals surface area contributed by atoms with E-state index in [1.54, 1.807) is 82.5 Å². The lowest BCUT2D eigenvalue weighted by molar-refractivity contribution is -0.143. The second-order valence-corrected chi connectivity index (χ2v) is 12.3. The highest BCUT2D eigenvalue weighted by molar-refractivity contribution is 7.07. The van der Waals surface area contributed by atoms with Crippen LogP contribution >= 0.6 is 46.1 Å². The number of fused-ring (bicyclic) bond motifs is 1. The van der Waals surface area contributed by atoms with E-state index in [1.807, 2.05) is 12.1 Å². The summed E-state index contributed by atoms with van der Waals surface area (Å²) in [5, 5.41) is 1.46. The van der Waals surface area contributed by atoms with Crippen LogP contribution in [-0.2, 0) is 16.1 Å². The molecule has 0 unspecified atom stereocenters. The molecule has 2 heterocycles. The number of ether oxygens (including phenoxy) is 3. The van der Waals surface area contributed by atoms with Crippen LogP contribution in [0, 0.1) is 0 Å². The van der Waals surface area contributed by atoms with Crippen LogP contribution in [0.4, 0.5) is 0 Å². The Morgan fingerprint density at radius 2 is 1.77 bits per heavy atom. The smallest absolute Gasteiger partial charge is 0.338 e. The molecule has 222 valence electrons. The quantitative estimate of drug-likeness (QED) is 0.196. The van der Waals surface area contributed by atoms with E-state index in [0.717, 1.165) is 11.1 Å². The number of aromatic nitrogens is 1. The van der Waals surface area contributed by atoms with Gasteiger partial charge in [-0.05, 0) is 79.9 Å². The highest BCUT2D eigenvalue weighted by atomic mass is 35.5. The van der Waals surface area contributed by atoms with Crippen molar-refractivity contribution in [2.75, 3.05) is 7.11 Å². The molecule has 0 bridgehead atoms. The third-order valence-electron chi connectivity index (χ3n) is 6.63. The van der Waals surface area contributed by atoms with Gasteiger partial charge in [-0.1, -0.05) is 70.4 Å². The highest BCUT2D eigenvalue weighted by Gasteiger charge is 2.33. The molecule has 0 spiro atoms. The number of methoxy groups -OCH3 is 1. The summed E-state index contributed by atoms with van der Waals surface area (Å²) in [7, 11) is 1.55. The Labute approximate surface area is 267 Å². The highest BCUT2D eigenvalue weighted by Crippen LogP contribution is 2.32. The maximum Gasteiger partial charge on any atom is 0.338 e. The van der Waals surface area contributed by atoms with E-state index in [-0.39, 0.29) is 18.3 Å². The fourth-order valence-electron chi connectivity index (χ4n) is 4.66. The first-order valence-electron chi connectivity index (χ1n) is 13.3. The lowest BCUT2D eigenvalue weighted by Gasteiger charge is -2.25. The number of hydrogen-bond donors (Lipinski definition) is 0. The van der Waals surface area contributed by atoms with E-state index in [9.17, 15) is 9.59 Å². The molecule has 11 heteroatoms. The number of esters is 1. The molecule has 43 heavy (non-hydrogen) atoms. The zero-order chi connectivity index (χ0) is 30.8. The standard InChI is InChI=1S/C32H27Cl3N2O5S/c1-17(2)42-31(39)28-18(3)36-32-37(29(28)21-7-9-22(33)10-8-21)30(38)27(43-32)15-19-6-12-25(26(14-19)40-4)41-16-20-5-11-23(34)24(35)13-20/h5-15,17,29H,16H2,1-4H3/b27-15-/t29-/m1/s1. The third-order valence-corrected chi connectivity index (χ3v) is 8.61. The second-order valence-electron chi connectivity index (χ2n) is 10.0. The van der Waals surface area contributed by atoms with Crippen LogP contribution in [0.1, 0.15) is 43.5 Å². The predicted octanol–water partition coefficient (Wildman–Crippen LogP) is 6.73. The molecule has 0 aliphatic carbocycles. The number of carbonyl (C=O) groups excluding carboxylic acids is 1. The van der Waals surface area contributed by atoms with Gasteiger partial charge in [-0.2, -0.15) is 0 Å². The summed E-state index contributed by atoms with van der Waals surface area (Å²) in [5.41, 5.74) is 2.80. The van der Waals surface area contributed by atoms with Gasteiger partial charge in [0.25, 0.3) is 5.56 Å². The molecule has 0 N–H and O–H groups in total. The van der Waals surface area contributed by atoms with Crippen molar-refractivity contribution in [3.05, 3.63) is 123 Å². The number of halogens is 3. The summed E-state index contributed by atoms with van der Waals surface area (Å²) in [4.78, 5) is 32.3. The first-order chi connectivity index (χ1) is 20.5. The Kier molecular flexibility index (Phi) is 9.32. The van der Waals surface area contributed by atoms with Crippen LogP contribution < -0.4 is 24.4 Å². The summed E-state index contributed by atoms with van der Waals surface area (Å²) in [6, 6.07) is 17.0. The first kappa shape index (κ1) is 30.9. The Balaban J connectivity index is 1.53. The molecule has 7 nitrogen and oxygen atoms in total. The maximum absolute atomic E-state index is 13.9. The van der Waals surface area contributed by atoms with Crippen LogP contribution in [0.5, 0.6) is 11.5 Å². The van der Waals surface area contributed by atoms with Crippen LogP contribution in [-0.4, -0.2) is 23.8 Å². The van der Waals surface area contributed by atoms with Crippen LogP contribution in [0.15, 0.2) is 81.7 Å². The minimum atomic E-state index is -0.728. The van der Waals surface area contributed by atoms with Gasteiger partial charge in [0.1, 0.15) is 6.61 Å². The summed E-state index contributed by atoms with van der Waals surface area (Å²) in [6.07, 6.45) is 1.42. The topological polar surface area (TPSA) is 79.1 Å². The van der Waals surface area contributed by atoms with Crippen molar-refractivity contribution < 1.29 is 19.0 Å². The Morgan fingerprint density at radius 3 is 2.44 bits per heavy atom. The number of benzene rings is 3. The van der Waals surface area contributed by atoms with E-state index in [0.29, 0.717) is 52.7 Å². The molecule has 1 aliphatic rings. The number of carbonyl (C=O) groups is 1. The van der Waals surface area contributed by atoms with Crippen molar-refractivity contribution in [2.24, 2.45) is 4.99 Å². The summed E-state index contributed by atoms with van der Waals surface area (Å²) in [6.45, 7) is 5.56. The predicted molar refractivity (Wildman–Crippen MR) is 170 cm³/mol. The molecule has 0 fully saturated rings. The Hall–Kier alpha value is -3.56. The molecule has 3 aromatic carbocycles. The number of hydrogen-bond acceptors (Lipinski definition) is 7. The van der Waals surface area contributed by atoms with E-state index in [4.69, 9.17) is 49.0 Å². The lowest BCUT2D eigenvalue weighted by Crippen LogP contribution is -2.40. The average Bonchev–Trinajstić information content (AvgIpc) is 3.27. The van der Waals surface area contributed by atoms with Crippen molar-refractivity contribution in [1.82, 2.24) is 4.57 Å². The second kappa shape index (κ2) is 13.0. The normalized spacial score (nSPS) is 14.9. The van der Waals surface area contributed by atoms with Gasteiger partial charge in [-0.15, -0.1) is 0 Å². The van der Waals surface area contributed by atoms with E-state index >= 15 is 0 Å². The Bertz CT molecular complexity index is 1910. The zero-order valence-electron chi connectivity index (χ0n) is 23.7. The van der Waals surface area contributed by atoms with Gasteiger partial charge < -0.3 is 14.2 Å². The fraction of sp³-hybridized carbons (Fsp3) is 0.219. The van der Waals surface area contributed by atoms with Gasteiger partial charge in [0.15, 0.2) is 16.3 Å². The zero-order valence-corrected chi connectivity index (χ0v) is 26.8. The minimum absolute atomic E-state index is 0.261. The summed E-state index contributed by atoms with van der Waals surface area (Å²) < 4.78 is 19.1. The van der Waals surface area contributed by atoms with Crippen molar-refractivity contribution in [1.29, 1.82) is 0 Å². The van der Waals surface area contributed by atoms with Gasteiger partial charge >= 0.3 is 5.97 Å². The molecule has 1 aromatic heterocycles. The van der Waals surface area contributed by atoms with Crippen molar-refractivity contribution in [2.45, 2.75) is 39.5 Å². The summed E-state index contributed by atoms with van der Waals surface area (Å²) in [5.74, 6) is 0.501. The van der Waals surface area contributed by atoms with Crippen molar-refractivity contribution in [3.63, 3.8) is 0 Å². The van der Waals surface area contributed by atoms with Crippen LogP contribution in [0.2, 0.25) is 15.1 Å². The molecule has 0 saturated carbocycles. The minimum Gasteiger partial charge on any atom is -0.493 e. The number of nitrogens with zero attached hydrogens (tertiary/aromatic N) is 2.